The Labute approximate surface area is 119 Å². The molecular weight excluding hydrogens is 272 g/mol. The number of aromatic nitrogens is 2. The highest BCUT2D eigenvalue weighted by atomic mass is 16.6. The number of nitro benzene ring substituents is 1. The first-order valence-corrected chi connectivity index (χ1v) is 6.17. The highest BCUT2D eigenvalue weighted by Gasteiger charge is 2.16. The van der Waals surface area contributed by atoms with Crippen LogP contribution in [0.3, 0.4) is 0 Å². The number of aryl methyl sites for hydroxylation is 1. The molecule has 0 saturated carbocycles. The van der Waals surface area contributed by atoms with Gasteiger partial charge in [-0.1, -0.05) is 0 Å². The fraction of sp³-hybridized carbons (Fsp3) is 0.0714. The van der Waals surface area contributed by atoms with Gasteiger partial charge < -0.3 is 0 Å². The van der Waals surface area contributed by atoms with E-state index in [4.69, 9.17) is 0 Å². The molecule has 0 amide bonds. The predicted molar refractivity (Wildman–Crippen MR) is 77.5 cm³/mol. The molecule has 104 valence electrons. The third-order valence-electron chi connectivity index (χ3n) is 3.19. The molecule has 0 fully saturated rings. The topological polar surface area (TPSA) is 89.9 Å². The van der Waals surface area contributed by atoms with Gasteiger partial charge in [0.05, 0.1) is 4.92 Å². The van der Waals surface area contributed by atoms with E-state index < -0.39 is 4.92 Å². The number of nitroso groups, excluding NO2 is 1. The van der Waals surface area contributed by atoms with Crippen molar-refractivity contribution >= 4 is 17.2 Å². The smallest absolute Gasteiger partial charge is 0.269 e. The average Bonchev–Trinajstić information content (AvgIpc) is 2.84. The molecule has 0 unspecified atom stereocenters. The first-order valence-electron chi connectivity index (χ1n) is 6.17. The summed E-state index contributed by atoms with van der Waals surface area (Å²) in [7, 11) is 0. The highest BCUT2D eigenvalue weighted by molar-refractivity contribution is 5.75. The molecule has 0 radical (unpaired) electrons. The minimum atomic E-state index is -0.476. The maximum absolute atomic E-state index is 11.1. The molecule has 0 N–H and O–H groups in total. The summed E-state index contributed by atoms with van der Waals surface area (Å²) in [4.78, 5) is 25.7. The predicted octanol–water partition coefficient (Wildman–Crippen LogP) is 3.62. The number of hydrogen-bond acceptors (Lipinski definition) is 5. The monoisotopic (exact) mass is 282 g/mol. The molecular formula is C14H10N4O3. The van der Waals surface area contributed by atoms with Crippen LogP contribution in [0.15, 0.2) is 47.8 Å². The lowest BCUT2D eigenvalue weighted by Gasteiger charge is -1.98. The zero-order chi connectivity index (χ0) is 15.0. The van der Waals surface area contributed by atoms with Gasteiger partial charge in [0.25, 0.3) is 5.69 Å². The van der Waals surface area contributed by atoms with Gasteiger partial charge in [-0.2, -0.15) is 0 Å². The van der Waals surface area contributed by atoms with Crippen LogP contribution in [-0.4, -0.2) is 14.3 Å². The number of nitrogens with zero attached hydrogens (tertiary/aromatic N) is 4. The molecule has 21 heavy (non-hydrogen) atoms. The van der Waals surface area contributed by atoms with Crippen LogP contribution in [0.4, 0.5) is 11.5 Å². The van der Waals surface area contributed by atoms with E-state index in [1.54, 1.807) is 22.7 Å². The Balaban J connectivity index is 2.19. The maximum Gasteiger partial charge on any atom is 0.269 e. The zero-order valence-corrected chi connectivity index (χ0v) is 11.1. The summed E-state index contributed by atoms with van der Waals surface area (Å²) < 4.78 is 1.59. The number of pyridine rings is 1. The molecule has 3 rings (SSSR count). The van der Waals surface area contributed by atoms with Gasteiger partial charge in [0, 0.05) is 23.9 Å². The summed E-state index contributed by atoms with van der Waals surface area (Å²) in [5.41, 5.74) is 2.62. The van der Waals surface area contributed by atoms with Crippen LogP contribution in [-0.2, 0) is 0 Å². The lowest BCUT2D eigenvalue weighted by Crippen LogP contribution is -1.87. The Bertz CT molecular complexity index is 853. The Kier molecular flexibility index (Phi) is 2.94. The minimum Gasteiger partial charge on any atom is -0.281 e. The quantitative estimate of drug-likeness (QED) is 0.417. The Morgan fingerprint density at radius 3 is 2.57 bits per heavy atom. The molecule has 0 saturated heterocycles. The third-order valence-corrected chi connectivity index (χ3v) is 3.19. The van der Waals surface area contributed by atoms with Crippen molar-refractivity contribution in [2.24, 2.45) is 5.18 Å². The van der Waals surface area contributed by atoms with E-state index >= 15 is 0 Å². The van der Waals surface area contributed by atoms with Gasteiger partial charge in [-0.3, -0.25) is 14.5 Å². The van der Waals surface area contributed by atoms with Crippen LogP contribution < -0.4 is 0 Å². The van der Waals surface area contributed by atoms with Gasteiger partial charge in [0.15, 0.2) is 0 Å². The second-order valence-corrected chi connectivity index (χ2v) is 4.61. The van der Waals surface area contributed by atoms with Crippen molar-refractivity contribution in [1.29, 1.82) is 0 Å². The second-order valence-electron chi connectivity index (χ2n) is 4.61. The van der Waals surface area contributed by atoms with Crippen LogP contribution in [0, 0.1) is 21.9 Å². The SMILES string of the molecule is Cc1ccn2c(N=O)c(-c3ccc([N+](=O)[O-])cc3)nc2c1. The maximum atomic E-state index is 11.1. The lowest BCUT2D eigenvalue weighted by molar-refractivity contribution is -0.384. The van der Waals surface area contributed by atoms with Crippen molar-refractivity contribution in [1.82, 2.24) is 9.38 Å². The fourth-order valence-electron chi connectivity index (χ4n) is 2.16. The van der Waals surface area contributed by atoms with Crippen molar-refractivity contribution in [3.05, 3.63) is 63.2 Å². The number of benzene rings is 1. The van der Waals surface area contributed by atoms with Gasteiger partial charge >= 0.3 is 0 Å². The Morgan fingerprint density at radius 2 is 1.95 bits per heavy atom. The summed E-state index contributed by atoms with van der Waals surface area (Å²) in [5.74, 6) is 0.179. The molecule has 0 spiro atoms. The molecule has 7 nitrogen and oxygen atoms in total. The number of nitro groups is 1. The molecule has 0 atom stereocenters. The van der Waals surface area contributed by atoms with Crippen LogP contribution >= 0.6 is 0 Å². The number of non-ortho nitro benzene ring substituents is 1. The van der Waals surface area contributed by atoms with Crippen molar-refractivity contribution < 1.29 is 4.92 Å². The summed E-state index contributed by atoms with van der Waals surface area (Å²) in [6, 6.07) is 9.55. The van der Waals surface area contributed by atoms with Crippen molar-refractivity contribution in [2.45, 2.75) is 6.92 Å². The minimum absolute atomic E-state index is 0.0148. The molecule has 0 bridgehead atoms. The van der Waals surface area contributed by atoms with E-state index in [0.29, 0.717) is 16.9 Å². The number of imidazole rings is 1. The summed E-state index contributed by atoms with van der Waals surface area (Å²) >= 11 is 0. The molecule has 7 heteroatoms. The third kappa shape index (κ3) is 2.14. The van der Waals surface area contributed by atoms with E-state index in [9.17, 15) is 15.0 Å². The number of fused-ring (bicyclic) bond motifs is 1. The molecule has 0 aliphatic carbocycles. The molecule has 1 aromatic carbocycles. The van der Waals surface area contributed by atoms with Gasteiger partial charge in [0.2, 0.25) is 5.82 Å². The Hall–Kier alpha value is -3.09. The van der Waals surface area contributed by atoms with Crippen molar-refractivity contribution in [2.75, 3.05) is 0 Å². The van der Waals surface area contributed by atoms with Crippen LogP contribution in [0.1, 0.15) is 5.56 Å². The summed E-state index contributed by atoms with van der Waals surface area (Å²) in [6.07, 6.45) is 1.73. The number of hydrogen-bond donors (Lipinski definition) is 0. The van der Waals surface area contributed by atoms with Gasteiger partial charge in [-0.05, 0) is 41.9 Å². The molecule has 2 aromatic heterocycles. The van der Waals surface area contributed by atoms with Gasteiger partial charge in [-0.15, -0.1) is 4.91 Å². The van der Waals surface area contributed by atoms with Crippen LogP contribution in [0.5, 0.6) is 0 Å². The standard InChI is InChI=1S/C14H10N4O3/c1-9-6-7-17-12(8-9)15-13(14(17)16-19)10-2-4-11(5-3-10)18(20)21/h2-8H,1H3. The number of rotatable bonds is 3. The second kappa shape index (κ2) is 4.78. The van der Waals surface area contributed by atoms with Crippen LogP contribution in [0.2, 0.25) is 0 Å². The van der Waals surface area contributed by atoms with E-state index in [0.717, 1.165) is 5.56 Å². The van der Waals surface area contributed by atoms with Crippen LogP contribution in [0.25, 0.3) is 16.9 Å². The Morgan fingerprint density at radius 1 is 1.24 bits per heavy atom. The first kappa shape index (κ1) is 12.9. The van der Waals surface area contributed by atoms with Crippen molar-refractivity contribution in [3.63, 3.8) is 0 Å². The largest absolute Gasteiger partial charge is 0.281 e. The molecule has 0 aliphatic rings. The van der Waals surface area contributed by atoms with E-state index in [1.165, 1.54) is 12.1 Å². The van der Waals surface area contributed by atoms with E-state index in [2.05, 4.69) is 10.2 Å². The summed E-state index contributed by atoms with van der Waals surface area (Å²) in [5, 5.41) is 13.7. The molecule has 2 heterocycles. The van der Waals surface area contributed by atoms with E-state index in [1.807, 2.05) is 19.1 Å². The average molecular weight is 282 g/mol. The highest BCUT2D eigenvalue weighted by Crippen LogP contribution is 2.31. The molecule has 0 aliphatic heterocycles. The first-order chi connectivity index (χ1) is 10.1. The summed E-state index contributed by atoms with van der Waals surface area (Å²) in [6.45, 7) is 1.92. The van der Waals surface area contributed by atoms with Gasteiger partial charge in [0.1, 0.15) is 11.3 Å². The van der Waals surface area contributed by atoms with E-state index in [-0.39, 0.29) is 11.5 Å². The normalized spacial score (nSPS) is 10.7. The molecule has 3 aromatic rings. The lowest BCUT2D eigenvalue weighted by atomic mass is 10.1. The zero-order valence-electron chi connectivity index (χ0n) is 11.1. The fourth-order valence-corrected chi connectivity index (χ4v) is 2.16. The van der Waals surface area contributed by atoms with Gasteiger partial charge in [-0.25, -0.2) is 4.98 Å². The van der Waals surface area contributed by atoms with Crippen molar-refractivity contribution in [3.8, 4) is 11.3 Å².